The summed E-state index contributed by atoms with van der Waals surface area (Å²) < 4.78 is 10.4. The van der Waals surface area contributed by atoms with E-state index in [4.69, 9.17) is 9.47 Å². The van der Waals surface area contributed by atoms with Crippen molar-refractivity contribution in [3.63, 3.8) is 0 Å². The van der Waals surface area contributed by atoms with Gasteiger partial charge in [0, 0.05) is 30.3 Å². The van der Waals surface area contributed by atoms with Crippen molar-refractivity contribution in [1.29, 1.82) is 0 Å². The standard InChI is InChI=1S/C16H22N2O4/c1-16(7-5-4-6-14(19)18-16)15(20)17-11-8-12(21-2)10-13(9-11)22-3/h8-10H,4-7H2,1-3H3,(H,17,20)(H,18,19). The van der Waals surface area contributed by atoms with Crippen LogP contribution in [-0.2, 0) is 9.59 Å². The molecule has 1 fully saturated rings. The molecule has 1 atom stereocenters. The Bertz CT molecular complexity index is 551. The van der Waals surface area contributed by atoms with Crippen molar-refractivity contribution >= 4 is 17.5 Å². The van der Waals surface area contributed by atoms with E-state index in [-0.39, 0.29) is 11.8 Å². The Labute approximate surface area is 130 Å². The molecule has 2 N–H and O–H groups in total. The van der Waals surface area contributed by atoms with Crippen LogP contribution in [0.5, 0.6) is 11.5 Å². The molecule has 1 heterocycles. The van der Waals surface area contributed by atoms with Crippen molar-refractivity contribution < 1.29 is 19.1 Å². The maximum atomic E-state index is 12.6. The van der Waals surface area contributed by atoms with E-state index in [0.717, 1.165) is 12.8 Å². The van der Waals surface area contributed by atoms with Gasteiger partial charge in [-0.3, -0.25) is 9.59 Å². The quantitative estimate of drug-likeness (QED) is 0.893. The fourth-order valence-corrected chi connectivity index (χ4v) is 2.52. The van der Waals surface area contributed by atoms with Crippen LogP contribution < -0.4 is 20.1 Å². The van der Waals surface area contributed by atoms with Crippen molar-refractivity contribution in [2.24, 2.45) is 0 Å². The zero-order chi connectivity index (χ0) is 16.2. The first-order valence-corrected chi connectivity index (χ1v) is 7.32. The number of rotatable bonds is 4. The van der Waals surface area contributed by atoms with E-state index in [9.17, 15) is 9.59 Å². The van der Waals surface area contributed by atoms with E-state index >= 15 is 0 Å². The third-order valence-corrected chi connectivity index (χ3v) is 3.86. The summed E-state index contributed by atoms with van der Waals surface area (Å²) in [6.45, 7) is 1.75. The van der Waals surface area contributed by atoms with Gasteiger partial charge in [-0.25, -0.2) is 0 Å². The van der Waals surface area contributed by atoms with Crippen LogP contribution in [0.15, 0.2) is 18.2 Å². The molecule has 1 unspecified atom stereocenters. The highest BCUT2D eigenvalue weighted by molar-refractivity contribution is 6.00. The summed E-state index contributed by atoms with van der Waals surface area (Å²) in [6.07, 6.45) is 2.73. The monoisotopic (exact) mass is 306 g/mol. The SMILES string of the molecule is COc1cc(NC(=O)C2(C)CCCCC(=O)N2)cc(OC)c1. The summed E-state index contributed by atoms with van der Waals surface area (Å²) in [7, 11) is 3.10. The van der Waals surface area contributed by atoms with Crippen LogP contribution in [0.4, 0.5) is 5.69 Å². The number of carbonyl (C=O) groups is 2. The number of nitrogens with one attached hydrogen (secondary N) is 2. The van der Waals surface area contributed by atoms with Crippen LogP contribution in [0.2, 0.25) is 0 Å². The second-order valence-electron chi connectivity index (χ2n) is 5.64. The lowest BCUT2D eigenvalue weighted by Crippen LogP contribution is -2.53. The average molecular weight is 306 g/mol. The van der Waals surface area contributed by atoms with Gasteiger partial charge in [0.1, 0.15) is 17.0 Å². The molecule has 2 amide bonds. The number of methoxy groups -OCH3 is 2. The van der Waals surface area contributed by atoms with Gasteiger partial charge in [0.05, 0.1) is 14.2 Å². The predicted octanol–water partition coefficient (Wildman–Crippen LogP) is 2.09. The molecule has 6 nitrogen and oxygen atoms in total. The lowest BCUT2D eigenvalue weighted by atomic mass is 9.95. The van der Waals surface area contributed by atoms with Crippen molar-refractivity contribution in [2.45, 2.75) is 38.1 Å². The van der Waals surface area contributed by atoms with E-state index in [1.165, 1.54) is 0 Å². The van der Waals surface area contributed by atoms with Crippen molar-refractivity contribution in [3.8, 4) is 11.5 Å². The molecule has 6 heteroatoms. The maximum absolute atomic E-state index is 12.6. The fraction of sp³-hybridized carbons (Fsp3) is 0.500. The van der Waals surface area contributed by atoms with E-state index in [0.29, 0.717) is 30.0 Å². The van der Waals surface area contributed by atoms with Crippen LogP contribution in [0.25, 0.3) is 0 Å². The Kier molecular flexibility index (Phi) is 4.90. The van der Waals surface area contributed by atoms with Gasteiger partial charge in [0.25, 0.3) is 0 Å². The molecule has 1 saturated heterocycles. The Balaban J connectivity index is 2.18. The van der Waals surface area contributed by atoms with Crippen LogP contribution in [0, 0.1) is 0 Å². The lowest BCUT2D eigenvalue weighted by molar-refractivity contribution is -0.129. The van der Waals surface area contributed by atoms with E-state index < -0.39 is 5.54 Å². The minimum absolute atomic E-state index is 0.0848. The highest BCUT2D eigenvalue weighted by Gasteiger charge is 2.36. The first kappa shape index (κ1) is 16.1. The molecule has 1 aliphatic heterocycles. The van der Waals surface area contributed by atoms with Gasteiger partial charge >= 0.3 is 0 Å². The Hall–Kier alpha value is -2.24. The van der Waals surface area contributed by atoms with E-state index in [2.05, 4.69) is 10.6 Å². The number of carbonyl (C=O) groups excluding carboxylic acids is 2. The minimum atomic E-state index is -0.899. The molecule has 1 aromatic rings. The molecule has 1 aliphatic rings. The van der Waals surface area contributed by atoms with Crippen LogP contribution in [0.3, 0.4) is 0 Å². The average Bonchev–Trinajstić information content (AvgIpc) is 2.68. The van der Waals surface area contributed by atoms with Crippen LogP contribution >= 0.6 is 0 Å². The van der Waals surface area contributed by atoms with Gasteiger partial charge in [-0.15, -0.1) is 0 Å². The number of hydrogen-bond acceptors (Lipinski definition) is 4. The number of ether oxygens (including phenoxy) is 2. The van der Waals surface area contributed by atoms with E-state index in [1.54, 1.807) is 39.3 Å². The molecule has 2 rings (SSSR count). The van der Waals surface area contributed by atoms with Gasteiger partial charge in [-0.1, -0.05) is 6.42 Å². The van der Waals surface area contributed by atoms with Gasteiger partial charge in [0.2, 0.25) is 11.8 Å². The maximum Gasteiger partial charge on any atom is 0.249 e. The largest absolute Gasteiger partial charge is 0.497 e. The number of hydrogen-bond donors (Lipinski definition) is 2. The molecular weight excluding hydrogens is 284 g/mol. The first-order valence-electron chi connectivity index (χ1n) is 7.32. The van der Waals surface area contributed by atoms with Crippen molar-refractivity contribution in [1.82, 2.24) is 5.32 Å². The normalized spacial score (nSPS) is 21.5. The van der Waals surface area contributed by atoms with Crippen molar-refractivity contribution in [3.05, 3.63) is 18.2 Å². The molecule has 0 saturated carbocycles. The number of amides is 2. The smallest absolute Gasteiger partial charge is 0.249 e. The van der Waals surface area contributed by atoms with Gasteiger partial charge in [-0.2, -0.15) is 0 Å². The summed E-state index contributed by atoms with van der Waals surface area (Å²) in [5.74, 6) is 0.853. The minimum Gasteiger partial charge on any atom is -0.497 e. The second-order valence-corrected chi connectivity index (χ2v) is 5.64. The lowest BCUT2D eigenvalue weighted by Gasteiger charge is -2.27. The number of anilines is 1. The van der Waals surface area contributed by atoms with Gasteiger partial charge in [0.15, 0.2) is 0 Å². The molecule has 0 bridgehead atoms. The third kappa shape index (κ3) is 3.69. The fourth-order valence-electron chi connectivity index (χ4n) is 2.52. The zero-order valence-corrected chi connectivity index (χ0v) is 13.2. The molecule has 0 spiro atoms. The van der Waals surface area contributed by atoms with Crippen LogP contribution in [-0.4, -0.2) is 31.6 Å². The number of benzene rings is 1. The second kappa shape index (κ2) is 6.68. The first-order chi connectivity index (χ1) is 10.5. The summed E-state index contributed by atoms with van der Waals surface area (Å²) >= 11 is 0. The molecule has 22 heavy (non-hydrogen) atoms. The molecule has 0 radical (unpaired) electrons. The molecule has 1 aromatic carbocycles. The Morgan fingerprint density at radius 1 is 1.18 bits per heavy atom. The van der Waals surface area contributed by atoms with Crippen molar-refractivity contribution in [2.75, 3.05) is 19.5 Å². The summed E-state index contributed by atoms with van der Waals surface area (Å²) in [4.78, 5) is 24.3. The summed E-state index contributed by atoms with van der Waals surface area (Å²) in [6, 6.07) is 5.15. The summed E-state index contributed by atoms with van der Waals surface area (Å²) in [5.41, 5.74) is -0.329. The summed E-state index contributed by atoms with van der Waals surface area (Å²) in [5, 5.41) is 5.66. The van der Waals surface area contributed by atoms with E-state index in [1.807, 2.05) is 0 Å². The Morgan fingerprint density at radius 3 is 2.41 bits per heavy atom. The van der Waals surface area contributed by atoms with Crippen LogP contribution in [0.1, 0.15) is 32.6 Å². The predicted molar refractivity (Wildman–Crippen MR) is 83.2 cm³/mol. The highest BCUT2D eigenvalue weighted by atomic mass is 16.5. The zero-order valence-electron chi connectivity index (χ0n) is 13.2. The topological polar surface area (TPSA) is 76.7 Å². The third-order valence-electron chi connectivity index (χ3n) is 3.86. The molecule has 120 valence electrons. The molecule has 0 aromatic heterocycles. The molecule has 0 aliphatic carbocycles. The molecular formula is C16H22N2O4. The van der Waals surface area contributed by atoms with Gasteiger partial charge < -0.3 is 20.1 Å². The van der Waals surface area contributed by atoms with Gasteiger partial charge in [-0.05, 0) is 19.8 Å². The Morgan fingerprint density at radius 2 is 1.82 bits per heavy atom. The highest BCUT2D eigenvalue weighted by Crippen LogP contribution is 2.27.